The van der Waals surface area contributed by atoms with Gasteiger partial charge in [-0.25, -0.2) is 0 Å². The van der Waals surface area contributed by atoms with Gasteiger partial charge in [0.15, 0.2) is 5.43 Å². The number of hydrogen-bond acceptors (Lipinski definition) is 2. The fourth-order valence-electron chi connectivity index (χ4n) is 1.55. The Hall–Kier alpha value is -2.34. The Balaban J connectivity index is 2.51. The van der Waals surface area contributed by atoms with Crippen LogP contribution in [0.2, 0.25) is 0 Å². The Morgan fingerprint density at radius 3 is 2.62 bits per heavy atom. The number of nitrogens with one attached hydrogen (secondary N) is 1. The Bertz CT molecular complexity index is 579. The van der Waals surface area contributed by atoms with Gasteiger partial charge in [-0.1, -0.05) is 30.3 Å². The molecular weight excluding hydrogens is 200 g/mol. The number of nitrogens with zero attached hydrogens (tertiary/aromatic N) is 1. The first-order valence-corrected chi connectivity index (χ1v) is 4.95. The van der Waals surface area contributed by atoms with E-state index in [9.17, 15) is 4.79 Å². The lowest BCUT2D eigenvalue weighted by molar-refractivity contribution is 1.11. The van der Waals surface area contributed by atoms with Crippen molar-refractivity contribution in [1.29, 1.82) is 5.26 Å². The fourth-order valence-corrected chi connectivity index (χ4v) is 1.55. The van der Waals surface area contributed by atoms with Crippen LogP contribution in [-0.4, -0.2) is 4.98 Å². The third-order valence-electron chi connectivity index (χ3n) is 2.25. The van der Waals surface area contributed by atoms with E-state index in [-0.39, 0.29) is 11.8 Å². The quantitative estimate of drug-likeness (QED) is 0.825. The largest absolute Gasteiger partial charge is 0.357 e. The molecule has 1 heterocycles. The number of aromatic nitrogens is 1. The second-order valence-corrected chi connectivity index (χ2v) is 3.46. The van der Waals surface area contributed by atoms with Gasteiger partial charge >= 0.3 is 0 Å². The highest BCUT2D eigenvalue weighted by Crippen LogP contribution is 2.14. The van der Waals surface area contributed by atoms with Gasteiger partial charge in [-0.15, -0.1) is 0 Å². The summed E-state index contributed by atoms with van der Waals surface area (Å²) < 4.78 is 0. The van der Waals surface area contributed by atoms with Gasteiger partial charge in [-0.2, -0.15) is 5.26 Å². The molecular formula is C13H10N2O. The number of H-pyrrole nitrogens is 1. The molecule has 1 aromatic heterocycles. The van der Waals surface area contributed by atoms with E-state index in [4.69, 9.17) is 5.26 Å². The summed E-state index contributed by atoms with van der Waals surface area (Å²) in [6, 6.07) is 14.6. The van der Waals surface area contributed by atoms with Crippen LogP contribution in [0.25, 0.3) is 11.3 Å². The highest BCUT2D eigenvalue weighted by atomic mass is 16.1. The maximum Gasteiger partial charge on any atom is 0.182 e. The molecule has 0 aliphatic carbocycles. The van der Waals surface area contributed by atoms with Crippen molar-refractivity contribution in [2.45, 2.75) is 6.42 Å². The van der Waals surface area contributed by atoms with E-state index in [1.807, 2.05) is 36.4 Å². The molecule has 16 heavy (non-hydrogen) atoms. The van der Waals surface area contributed by atoms with E-state index in [1.165, 1.54) is 12.1 Å². The Morgan fingerprint density at radius 1 is 1.19 bits per heavy atom. The van der Waals surface area contributed by atoms with Crippen molar-refractivity contribution in [3.05, 3.63) is 58.4 Å². The van der Waals surface area contributed by atoms with Crippen LogP contribution in [0.3, 0.4) is 0 Å². The smallest absolute Gasteiger partial charge is 0.182 e. The van der Waals surface area contributed by atoms with E-state index >= 15 is 0 Å². The van der Waals surface area contributed by atoms with Crippen molar-refractivity contribution in [3.63, 3.8) is 0 Å². The molecule has 0 bridgehead atoms. The molecule has 0 aliphatic rings. The van der Waals surface area contributed by atoms with Crippen LogP contribution >= 0.6 is 0 Å². The van der Waals surface area contributed by atoms with Crippen molar-refractivity contribution < 1.29 is 0 Å². The second kappa shape index (κ2) is 4.45. The van der Waals surface area contributed by atoms with Crippen molar-refractivity contribution in [2.24, 2.45) is 0 Å². The number of aromatic amines is 1. The van der Waals surface area contributed by atoms with Crippen molar-refractivity contribution in [2.75, 3.05) is 0 Å². The van der Waals surface area contributed by atoms with Gasteiger partial charge in [0.2, 0.25) is 0 Å². The van der Waals surface area contributed by atoms with E-state index in [1.54, 1.807) is 0 Å². The lowest BCUT2D eigenvalue weighted by atomic mass is 10.1. The zero-order valence-corrected chi connectivity index (χ0v) is 8.60. The van der Waals surface area contributed by atoms with E-state index in [2.05, 4.69) is 4.98 Å². The first kappa shape index (κ1) is 10.2. The summed E-state index contributed by atoms with van der Waals surface area (Å²) in [6.07, 6.45) is 0.218. The molecule has 0 atom stereocenters. The highest BCUT2D eigenvalue weighted by molar-refractivity contribution is 5.58. The minimum Gasteiger partial charge on any atom is -0.357 e. The molecule has 0 radical (unpaired) electrons. The van der Waals surface area contributed by atoms with Gasteiger partial charge in [-0.3, -0.25) is 4.79 Å². The van der Waals surface area contributed by atoms with Crippen molar-refractivity contribution >= 4 is 0 Å². The van der Waals surface area contributed by atoms with Crippen molar-refractivity contribution in [3.8, 4) is 17.3 Å². The highest BCUT2D eigenvalue weighted by Gasteiger charge is 2.01. The van der Waals surface area contributed by atoms with Gasteiger partial charge in [-0.05, 0) is 5.56 Å². The third kappa shape index (κ3) is 2.18. The van der Waals surface area contributed by atoms with Gasteiger partial charge < -0.3 is 4.98 Å². The van der Waals surface area contributed by atoms with Crippen LogP contribution in [0.15, 0.2) is 47.3 Å². The van der Waals surface area contributed by atoms with Crippen LogP contribution in [0.5, 0.6) is 0 Å². The molecule has 78 valence electrons. The average molecular weight is 210 g/mol. The molecule has 0 saturated carbocycles. The minimum atomic E-state index is -0.0807. The van der Waals surface area contributed by atoms with Crippen molar-refractivity contribution in [1.82, 2.24) is 4.98 Å². The van der Waals surface area contributed by atoms with Crippen LogP contribution < -0.4 is 5.43 Å². The topological polar surface area (TPSA) is 56.6 Å². The summed E-state index contributed by atoms with van der Waals surface area (Å²) in [4.78, 5) is 14.5. The molecule has 3 heteroatoms. The number of hydrogen-bond donors (Lipinski definition) is 1. The lowest BCUT2D eigenvalue weighted by Gasteiger charge is -2.03. The zero-order valence-electron chi connectivity index (χ0n) is 8.60. The number of nitriles is 1. The summed E-state index contributed by atoms with van der Waals surface area (Å²) in [6.45, 7) is 0. The van der Waals surface area contributed by atoms with Gasteiger partial charge in [0.25, 0.3) is 0 Å². The Kier molecular flexibility index (Phi) is 2.84. The van der Waals surface area contributed by atoms with E-state index < -0.39 is 0 Å². The molecule has 0 aliphatic heterocycles. The number of rotatable bonds is 2. The molecule has 0 saturated heterocycles. The summed E-state index contributed by atoms with van der Waals surface area (Å²) in [5.41, 5.74) is 2.26. The summed E-state index contributed by atoms with van der Waals surface area (Å²) in [5, 5.41) is 8.60. The summed E-state index contributed by atoms with van der Waals surface area (Å²) in [5.74, 6) is 0. The summed E-state index contributed by atoms with van der Waals surface area (Å²) >= 11 is 0. The average Bonchev–Trinajstić information content (AvgIpc) is 2.30. The fraction of sp³-hybridized carbons (Fsp3) is 0.0769. The lowest BCUT2D eigenvalue weighted by Crippen LogP contribution is -2.03. The molecule has 0 amide bonds. The monoisotopic (exact) mass is 210 g/mol. The zero-order chi connectivity index (χ0) is 11.4. The predicted molar refractivity (Wildman–Crippen MR) is 61.8 cm³/mol. The van der Waals surface area contributed by atoms with Crippen LogP contribution in [0.4, 0.5) is 0 Å². The predicted octanol–water partition coefficient (Wildman–Crippen LogP) is 2.11. The minimum absolute atomic E-state index is 0.0807. The summed E-state index contributed by atoms with van der Waals surface area (Å²) in [7, 11) is 0. The van der Waals surface area contributed by atoms with Crippen LogP contribution in [0.1, 0.15) is 5.69 Å². The molecule has 2 rings (SSSR count). The second-order valence-electron chi connectivity index (χ2n) is 3.46. The third-order valence-corrected chi connectivity index (χ3v) is 2.25. The van der Waals surface area contributed by atoms with Crippen LogP contribution in [-0.2, 0) is 6.42 Å². The maximum atomic E-state index is 11.4. The molecule has 0 unspecified atom stereocenters. The normalized spacial score (nSPS) is 9.69. The number of pyridine rings is 1. The van der Waals surface area contributed by atoms with Gasteiger partial charge in [0.05, 0.1) is 12.5 Å². The first-order valence-electron chi connectivity index (χ1n) is 4.95. The standard InChI is InChI=1S/C13H10N2O/c14-7-6-11-8-12(16)9-13(15-11)10-4-2-1-3-5-10/h1-5,8-9H,6H2,(H,15,16). The van der Waals surface area contributed by atoms with Crippen LogP contribution in [0, 0.1) is 11.3 Å². The number of benzene rings is 1. The van der Waals surface area contributed by atoms with E-state index in [0.717, 1.165) is 11.3 Å². The molecule has 1 N–H and O–H groups in total. The molecule has 3 nitrogen and oxygen atoms in total. The Morgan fingerprint density at radius 2 is 1.94 bits per heavy atom. The SMILES string of the molecule is N#CCc1cc(=O)cc(-c2ccccc2)[nH]1. The molecule has 0 spiro atoms. The molecule has 1 aromatic carbocycles. The molecule has 2 aromatic rings. The van der Waals surface area contributed by atoms with E-state index in [0.29, 0.717) is 5.69 Å². The first-order chi connectivity index (χ1) is 7.79. The maximum absolute atomic E-state index is 11.4. The van der Waals surface area contributed by atoms with Gasteiger partial charge in [0.1, 0.15) is 0 Å². The Labute approximate surface area is 93.0 Å². The molecule has 0 fully saturated rings. The van der Waals surface area contributed by atoms with Gasteiger partial charge in [0, 0.05) is 23.5 Å².